The summed E-state index contributed by atoms with van der Waals surface area (Å²) in [5.74, 6) is 0.768. The van der Waals surface area contributed by atoms with Gasteiger partial charge in [-0.3, -0.25) is 0 Å². The molecule has 3 aromatic rings. The van der Waals surface area contributed by atoms with Crippen LogP contribution in [-0.4, -0.2) is 65.1 Å². The van der Waals surface area contributed by atoms with E-state index in [2.05, 4.69) is 16.4 Å². The number of piperidine rings is 1. The van der Waals surface area contributed by atoms with Crippen LogP contribution in [0.5, 0.6) is 5.75 Å². The Morgan fingerprint density at radius 3 is 2.62 bits per heavy atom. The minimum Gasteiger partial charge on any atom is -0.490 e. The number of nitrogens with zero attached hydrogens (tertiary/aromatic N) is 1. The van der Waals surface area contributed by atoms with Gasteiger partial charge in [0.15, 0.2) is 0 Å². The van der Waals surface area contributed by atoms with Crippen molar-refractivity contribution in [3.63, 3.8) is 0 Å². The van der Waals surface area contributed by atoms with Crippen LogP contribution in [0.1, 0.15) is 33.6 Å². The first-order valence-corrected chi connectivity index (χ1v) is 11.3. The van der Waals surface area contributed by atoms with Crippen LogP contribution in [0.25, 0.3) is 21.8 Å². The third kappa shape index (κ3) is 5.34. The molecule has 1 amide bonds. The van der Waals surface area contributed by atoms with E-state index in [-0.39, 0.29) is 18.7 Å². The number of ether oxygens (including phenoxy) is 2. The fourth-order valence-electron chi connectivity index (χ4n) is 4.13. The van der Waals surface area contributed by atoms with Crippen LogP contribution < -0.4 is 10.1 Å². The molecule has 172 valence electrons. The van der Waals surface area contributed by atoms with Crippen molar-refractivity contribution in [2.75, 3.05) is 26.2 Å². The van der Waals surface area contributed by atoms with Crippen LogP contribution in [0.15, 0.2) is 42.5 Å². The van der Waals surface area contributed by atoms with Gasteiger partial charge in [0, 0.05) is 42.0 Å². The highest BCUT2D eigenvalue weighted by Crippen LogP contribution is 2.33. The molecule has 0 radical (unpaired) electrons. The van der Waals surface area contributed by atoms with Crippen molar-refractivity contribution in [1.29, 1.82) is 0 Å². The number of carbonyl (C=O) groups is 1. The molecule has 1 aromatic heterocycles. The molecule has 1 atom stereocenters. The monoisotopic (exact) mass is 439 g/mol. The van der Waals surface area contributed by atoms with Crippen LogP contribution in [-0.2, 0) is 4.74 Å². The summed E-state index contributed by atoms with van der Waals surface area (Å²) in [6.07, 6.45) is 0.790. The number of nitrogens with one attached hydrogen (secondary N) is 2. The zero-order valence-electron chi connectivity index (χ0n) is 19.1. The highest BCUT2D eigenvalue weighted by molar-refractivity contribution is 6.10. The third-order valence-corrected chi connectivity index (χ3v) is 5.71. The standard InChI is InChI=1S/C25H33N3O4/c1-25(2,3)32-24(30)28-13-11-17(12-14-28)26-15-18(29)16-31-22-10-6-9-21-23(22)19-7-4-5-8-20(19)27-21/h4-10,17-18,26-27,29H,11-16H2,1-3H3/t18-/m1/s1. The Morgan fingerprint density at radius 1 is 1.16 bits per heavy atom. The molecule has 1 aliphatic rings. The number of rotatable bonds is 6. The van der Waals surface area contributed by atoms with E-state index in [4.69, 9.17) is 9.47 Å². The molecule has 7 nitrogen and oxygen atoms in total. The van der Waals surface area contributed by atoms with Crippen molar-refractivity contribution in [3.05, 3.63) is 42.5 Å². The zero-order chi connectivity index (χ0) is 22.7. The number of aromatic amines is 1. The van der Waals surface area contributed by atoms with E-state index in [1.165, 1.54) is 0 Å². The maximum Gasteiger partial charge on any atom is 0.410 e. The number of aromatic nitrogens is 1. The normalized spacial score (nSPS) is 16.4. The fourth-order valence-corrected chi connectivity index (χ4v) is 4.13. The lowest BCUT2D eigenvalue weighted by molar-refractivity contribution is 0.0192. The van der Waals surface area contributed by atoms with E-state index >= 15 is 0 Å². The number of amides is 1. The van der Waals surface area contributed by atoms with Gasteiger partial charge in [-0.25, -0.2) is 4.79 Å². The Morgan fingerprint density at radius 2 is 1.88 bits per heavy atom. The molecule has 0 bridgehead atoms. The molecule has 0 saturated carbocycles. The highest BCUT2D eigenvalue weighted by Gasteiger charge is 2.27. The van der Waals surface area contributed by atoms with Gasteiger partial charge >= 0.3 is 6.09 Å². The molecule has 1 aliphatic heterocycles. The summed E-state index contributed by atoms with van der Waals surface area (Å²) in [7, 11) is 0. The van der Waals surface area contributed by atoms with Crippen molar-refractivity contribution in [1.82, 2.24) is 15.2 Å². The molecule has 0 aliphatic carbocycles. The Labute approximate surface area is 188 Å². The molecule has 1 fully saturated rings. The van der Waals surface area contributed by atoms with Crippen LogP contribution in [0, 0.1) is 0 Å². The van der Waals surface area contributed by atoms with Gasteiger partial charge < -0.3 is 29.8 Å². The summed E-state index contributed by atoms with van der Waals surface area (Å²) >= 11 is 0. The van der Waals surface area contributed by atoms with Crippen molar-refractivity contribution < 1.29 is 19.4 Å². The molecule has 0 unspecified atom stereocenters. The minimum absolute atomic E-state index is 0.211. The number of likely N-dealkylation sites (tertiary alicyclic amines) is 1. The van der Waals surface area contributed by atoms with Gasteiger partial charge in [-0.05, 0) is 51.8 Å². The minimum atomic E-state index is -0.626. The van der Waals surface area contributed by atoms with Crippen molar-refractivity contribution in [3.8, 4) is 5.75 Å². The van der Waals surface area contributed by atoms with E-state index in [1.807, 2.05) is 57.2 Å². The molecule has 7 heteroatoms. The molecule has 1 saturated heterocycles. The molecular formula is C25H33N3O4. The number of para-hydroxylation sites is 1. The van der Waals surface area contributed by atoms with E-state index in [9.17, 15) is 9.90 Å². The summed E-state index contributed by atoms with van der Waals surface area (Å²) < 4.78 is 11.4. The Kier molecular flexibility index (Phi) is 6.58. The summed E-state index contributed by atoms with van der Waals surface area (Å²) in [5, 5.41) is 16.0. The van der Waals surface area contributed by atoms with Crippen molar-refractivity contribution in [2.24, 2.45) is 0 Å². The van der Waals surface area contributed by atoms with E-state index in [0.29, 0.717) is 19.6 Å². The number of benzene rings is 2. The molecule has 2 aromatic carbocycles. The van der Waals surface area contributed by atoms with Gasteiger partial charge in [0.2, 0.25) is 0 Å². The number of hydrogen-bond acceptors (Lipinski definition) is 5. The summed E-state index contributed by atoms with van der Waals surface area (Å²) in [5.41, 5.74) is 1.61. The van der Waals surface area contributed by atoms with Crippen LogP contribution >= 0.6 is 0 Å². The molecule has 32 heavy (non-hydrogen) atoms. The summed E-state index contributed by atoms with van der Waals surface area (Å²) in [6, 6.07) is 14.3. The lowest BCUT2D eigenvalue weighted by Crippen LogP contribution is -2.48. The maximum absolute atomic E-state index is 12.2. The second-order valence-corrected chi connectivity index (χ2v) is 9.46. The first-order valence-electron chi connectivity index (χ1n) is 11.3. The van der Waals surface area contributed by atoms with Gasteiger partial charge in [0.05, 0.1) is 5.52 Å². The van der Waals surface area contributed by atoms with Gasteiger partial charge in [0.1, 0.15) is 24.1 Å². The number of aliphatic hydroxyl groups excluding tert-OH is 1. The van der Waals surface area contributed by atoms with Crippen LogP contribution in [0.4, 0.5) is 4.79 Å². The van der Waals surface area contributed by atoms with Gasteiger partial charge in [-0.15, -0.1) is 0 Å². The number of hydrogen-bond donors (Lipinski definition) is 3. The average molecular weight is 440 g/mol. The largest absolute Gasteiger partial charge is 0.490 e. The second kappa shape index (κ2) is 9.38. The predicted molar refractivity (Wildman–Crippen MR) is 126 cm³/mol. The molecule has 0 spiro atoms. The quantitative estimate of drug-likeness (QED) is 0.539. The number of fused-ring (bicyclic) bond motifs is 3. The first-order chi connectivity index (χ1) is 15.3. The Hall–Kier alpha value is -2.77. The Bertz CT molecular complexity index is 1060. The molecule has 4 rings (SSSR count). The first kappa shape index (κ1) is 22.4. The summed E-state index contributed by atoms with van der Waals surface area (Å²) in [4.78, 5) is 17.3. The third-order valence-electron chi connectivity index (χ3n) is 5.71. The van der Waals surface area contributed by atoms with Crippen LogP contribution in [0.3, 0.4) is 0 Å². The predicted octanol–water partition coefficient (Wildman–Crippen LogP) is 4.05. The SMILES string of the molecule is CC(C)(C)OC(=O)N1CCC(NC[C@@H](O)COc2cccc3[nH]c4ccccc4c23)CC1. The topological polar surface area (TPSA) is 86.8 Å². The smallest absolute Gasteiger partial charge is 0.410 e. The number of H-pyrrole nitrogens is 1. The highest BCUT2D eigenvalue weighted by atomic mass is 16.6. The average Bonchev–Trinajstić information content (AvgIpc) is 3.14. The number of aliphatic hydroxyl groups is 1. The lowest BCUT2D eigenvalue weighted by Gasteiger charge is -2.34. The van der Waals surface area contributed by atoms with E-state index in [0.717, 1.165) is 40.4 Å². The van der Waals surface area contributed by atoms with Crippen molar-refractivity contribution in [2.45, 2.75) is 51.4 Å². The maximum atomic E-state index is 12.2. The zero-order valence-corrected chi connectivity index (χ0v) is 19.1. The number of carbonyl (C=O) groups excluding carboxylic acids is 1. The second-order valence-electron chi connectivity index (χ2n) is 9.46. The molecule has 2 heterocycles. The fraction of sp³-hybridized carbons (Fsp3) is 0.480. The van der Waals surface area contributed by atoms with Gasteiger partial charge in [-0.2, -0.15) is 0 Å². The Balaban J connectivity index is 1.25. The van der Waals surface area contributed by atoms with Crippen molar-refractivity contribution >= 4 is 27.9 Å². The summed E-state index contributed by atoms with van der Waals surface area (Å²) in [6.45, 7) is 7.59. The van der Waals surface area contributed by atoms with E-state index < -0.39 is 11.7 Å². The van der Waals surface area contributed by atoms with Gasteiger partial charge in [-0.1, -0.05) is 24.3 Å². The van der Waals surface area contributed by atoms with E-state index in [1.54, 1.807) is 4.90 Å². The lowest BCUT2D eigenvalue weighted by atomic mass is 10.1. The molecule has 3 N–H and O–H groups in total. The molecular weight excluding hydrogens is 406 g/mol. The van der Waals surface area contributed by atoms with Crippen LogP contribution in [0.2, 0.25) is 0 Å². The van der Waals surface area contributed by atoms with Gasteiger partial charge in [0.25, 0.3) is 0 Å².